The minimum atomic E-state index is -1.28. The number of aliphatic hydroxyl groups excluding tert-OH is 3. The van der Waals surface area contributed by atoms with Crippen molar-refractivity contribution in [2.75, 3.05) is 13.7 Å². The summed E-state index contributed by atoms with van der Waals surface area (Å²) in [6.07, 6.45) is -2.85. The van der Waals surface area contributed by atoms with Crippen LogP contribution in [-0.4, -0.2) is 47.2 Å². The van der Waals surface area contributed by atoms with Gasteiger partial charge in [-0.05, 0) is 0 Å². The van der Waals surface area contributed by atoms with Crippen molar-refractivity contribution < 1.29 is 24.9 Å². The predicted octanol–water partition coefficient (Wildman–Crippen LogP) is -1.74. The highest BCUT2D eigenvalue weighted by Crippen LogP contribution is 1.99. The molecule has 0 radical (unpaired) electrons. The fourth-order valence-corrected chi connectivity index (χ4v) is 0.512. The second-order valence-electron chi connectivity index (χ2n) is 2.10. The van der Waals surface area contributed by atoms with Gasteiger partial charge in [0.1, 0.15) is 6.10 Å². The van der Waals surface area contributed by atoms with Crippen LogP contribution in [-0.2, 0) is 9.53 Å². The van der Waals surface area contributed by atoms with E-state index in [1.54, 1.807) is 0 Å². The standard InChI is InChI=1S/C6H12O5/c1-11-6(10)2-4(8)5(9)3-7/h4-5,7-9H,2-3H2,1H3. The van der Waals surface area contributed by atoms with Crippen LogP contribution in [0.15, 0.2) is 0 Å². The van der Waals surface area contributed by atoms with Gasteiger partial charge >= 0.3 is 5.97 Å². The molecule has 0 aliphatic carbocycles. The molecule has 0 rings (SSSR count). The lowest BCUT2D eigenvalue weighted by atomic mass is 10.1. The predicted molar refractivity (Wildman–Crippen MR) is 35.7 cm³/mol. The molecule has 66 valence electrons. The smallest absolute Gasteiger partial charge is 0.308 e. The van der Waals surface area contributed by atoms with E-state index in [4.69, 9.17) is 15.3 Å². The molecule has 0 saturated heterocycles. The third kappa shape index (κ3) is 3.92. The van der Waals surface area contributed by atoms with Crippen molar-refractivity contribution in [1.82, 2.24) is 0 Å². The van der Waals surface area contributed by atoms with Crippen LogP contribution in [0.5, 0.6) is 0 Å². The van der Waals surface area contributed by atoms with Crippen LogP contribution in [0.3, 0.4) is 0 Å². The van der Waals surface area contributed by atoms with Gasteiger partial charge in [-0.3, -0.25) is 4.79 Å². The van der Waals surface area contributed by atoms with Crippen molar-refractivity contribution in [2.24, 2.45) is 0 Å². The Labute approximate surface area is 64.2 Å². The van der Waals surface area contributed by atoms with Gasteiger partial charge in [-0.1, -0.05) is 0 Å². The molecular weight excluding hydrogens is 152 g/mol. The Balaban J connectivity index is 3.67. The maximum absolute atomic E-state index is 10.5. The summed E-state index contributed by atoms with van der Waals surface area (Å²) in [6.45, 7) is -0.571. The number of ether oxygens (including phenoxy) is 1. The monoisotopic (exact) mass is 164 g/mol. The van der Waals surface area contributed by atoms with E-state index in [1.807, 2.05) is 0 Å². The van der Waals surface area contributed by atoms with Gasteiger partial charge in [0, 0.05) is 0 Å². The lowest BCUT2D eigenvalue weighted by molar-refractivity contribution is -0.145. The van der Waals surface area contributed by atoms with Crippen LogP contribution in [0.2, 0.25) is 0 Å². The van der Waals surface area contributed by atoms with Crippen molar-refractivity contribution in [2.45, 2.75) is 18.6 Å². The molecule has 0 aliphatic rings. The number of carbonyl (C=O) groups excluding carboxylic acids is 1. The van der Waals surface area contributed by atoms with Crippen molar-refractivity contribution in [3.05, 3.63) is 0 Å². The van der Waals surface area contributed by atoms with Crippen LogP contribution in [0, 0.1) is 0 Å². The van der Waals surface area contributed by atoms with Crippen molar-refractivity contribution in [3.63, 3.8) is 0 Å². The summed E-state index contributed by atoms with van der Waals surface area (Å²) in [5.41, 5.74) is 0. The van der Waals surface area contributed by atoms with E-state index in [-0.39, 0.29) is 6.42 Å². The van der Waals surface area contributed by atoms with Gasteiger partial charge in [-0.15, -0.1) is 0 Å². The molecule has 0 amide bonds. The molecule has 0 aromatic rings. The number of methoxy groups -OCH3 is 1. The molecule has 0 fully saturated rings. The van der Waals surface area contributed by atoms with E-state index in [0.29, 0.717) is 0 Å². The van der Waals surface area contributed by atoms with E-state index >= 15 is 0 Å². The number of hydrogen-bond donors (Lipinski definition) is 3. The molecule has 11 heavy (non-hydrogen) atoms. The number of esters is 1. The van der Waals surface area contributed by atoms with Gasteiger partial charge in [0.15, 0.2) is 0 Å². The Kier molecular flexibility index (Phi) is 4.76. The summed E-state index contributed by atoms with van der Waals surface area (Å²) in [7, 11) is 1.18. The molecule has 0 bridgehead atoms. The van der Waals surface area contributed by atoms with Gasteiger partial charge in [0.05, 0.1) is 26.2 Å². The Morgan fingerprint density at radius 2 is 2.00 bits per heavy atom. The summed E-state index contributed by atoms with van der Waals surface area (Å²) in [6, 6.07) is 0. The molecule has 0 saturated carbocycles. The molecule has 0 heterocycles. The Hall–Kier alpha value is -0.650. The average molecular weight is 164 g/mol. The molecule has 0 aliphatic heterocycles. The van der Waals surface area contributed by atoms with Crippen LogP contribution in [0.4, 0.5) is 0 Å². The molecule has 0 aromatic carbocycles. The summed E-state index contributed by atoms with van der Waals surface area (Å²) < 4.78 is 4.22. The number of aliphatic hydroxyl groups is 3. The first kappa shape index (κ1) is 10.3. The Bertz CT molecular complexity index is 124. The van der Waals surface area contributed by atoms with Gasteiger partial charge in [0.25, 0.3) is 0 Å². The van der Waals surface area contributed by atoms with Crippen molar-refractivity contribution in [3.8, 4) is 0 Å². The largest absolute Gasteiger partial charge is 0.469 e. The van der Waals surface area contributed by atoms with E-state index in [0.717, 1.165) is 0 Å². The highest BCUT2D eigenvalue weighted by atomic mass is 16.5. The number of carbonyl (C=O) groups is 1. The number of rotatable bonds is 4. The highest BCUT2D eigenvalue weighted by Gasteiger charge is 2.18. The first-order valence-electron chi connectivity index (χ1n) is 3.15. The van der Waals surface area contributed by atoms with Crippen LogP contribution in [0.1, 0.15) is 6.42 Å². The van der Waals surface area contributed by atoms with E-state index < -0.39 is 24.8 Å². The van der Waals surface area contributed by atoms with E-state index in [1.165, 1.54) is 7.11 Å². The molecule has 3 N–H and O–H groups in total. The minimum Gasteiger partial charge on any atom is -0.469 e. The molecule has 0 aromatic heterocycles. The Morgan fingerprint density at radius 3 is 2.36 bits per heavy atom. The fourth-order valence-electron chi connectivity index (χ4n) is 0.512. The third-order valence-corrected chi connectivity index (χ3v) is 1.23. The summed E-state index contributed by atoms with van der Waals surface area (Å²) in [4.78, 5) is 10.5. The zero-order valence-electron chi connectivity index (χ0n) is 6.23. The van der Waals surface area contributed by atoms with Gasteiger partial charge in [0.2, 0.25) is 0 Å². The lowest BCUT2D eigenvalue weighted by Crippen LogP contribution is -2.31. The second-order valence-corrected chi connectivity index (χ2v) is 2.10. The molecule has 5 nitrogen and oxygen atoms in total. The van der Waals surface area contributed by atoms with Crippen molar-refractivity contribution >= 4 is 5.97 Å². The summed E-state index contributed by atoms with van der Waals surface area (Å²) in [5, 5.41) is 26.0. The summed E-state index contributed by atoms with van der Waals surface area (Å²) >= 11 is 0. The maximum Gasteiger partial charge on any atom is 0.308 e. The molecular formula is C6H12O5. The topological polar surface area (TPSA) is 87.0 Å². The lowest BCUT2D eigenvalue weighted by Gasteiger charge is -2.13. The molecule has 2 unspecified atom stereocenters. The van der Waals surface area contributed by atoms with Gasteiger partial charge < -0.3 is 20.1 Å². The zero-order valence-corrected chi connectivity index (χ0v) is 6.23. The van der Waals surface area contributed by atoms with E-state index in [2.05, 4.69) is 4.74 Å². The normalized spacial score (nSPS) is 15.6. The molecule has 5 heteroatoms. The van der Waals surface area contributed by atoms with E-state index in [9.17, 15) is 4.79 Å². The van der Waals surface area contributed by atoms with Gasteiger partial charge in [-0.2, -0.15) is 0 Å². The average Bonchev–Trinajstić information content (AvgIpc) is 2.02. The van der Waals surface area contributed by atoms with Crippen molar-refractivity contribution in [1.29, 1.82) is 0 Å². The zero-order chi connectivity index (χ0) is 8.85. The second kappa shape index (κ2) is 5.06. The van der Waals surface area contributed by atoms with Crippen LogP contribution >= 0.6 is 0 Å². The maximum atomic E-state index is 10.5. The van der Waals surface area contributed by atoms with Crippen LogP contribution < -0.4 is 0 Å². The number of hydrogen-bond acceptors (Lipinski definition) is 5. The first-order chi connectivity index (χ1) is 5.11. The quantitative estimate of drug-likeness (QED) is 0.429. The minimum absolute atomic E-state index is 0.307. The summed E-state index contributed by atoms with van der Waals surface area (Å²) in [5.74, 6) is -0.620. The highest BCUT2D eigenvalue weighted by molar-refractivity contribution is 5.69. The Morgan fingerprint density at radius 1 is 1.45 bits per heavy atom. The van der Waals surface area contributed by atoms with Gasteiger partial charge in [-0.25, -0.2) is 0 Å². The fraction of sp³-hybridized carbons (Fsp3) is 0.833. The van der Waals surface area contributed by atoms with Crippen LogP contribution in [0.25, 0.3) is 0 Å². The first-order valence-corrected chi connectivity index (χ1v) is 3.15. The molecule has 2 atom stereocenters. The molecule has 0 spiro atoms. The third-order valence-electron chi connectivity index (χ3n) is 1.23. The SMILES string of the molecule is COC(=O)CC(O)C(O)CO.